The Bertz CT molecular complexity index is 840. The van der Waals surface area contributed by atoms with Gasteiger partial charge < -0.3 is 10.6 Å². The van der Waals surface area contributed by atoms with Crippen molar-refractivity contribution in [3.8, 4) is 0 Å². The van der Waals surface area contributed by atoms with Gasteiger partial charge in [-0.05, 0) is 30.4 Å². The zero-order chi connectivity index (χ0) is 22.6. The van der Waals surface area contributed by atoms with Crippen LogP contribution in [-0.2, 0) is 32.4 Å². The number of amides is 3. The van der Waals surface area contributed by atoms with E-state index in [1.165, 1.54) is 0 Å². The Labute approximate surface area is 183 Å². The SMILES string of the molecule is CC(C)CC(C(=O)NOCc1ccccc1)C(=O)N[C@H](C)C(=O)NCc1ccccc1. The van der Waals surface area contributed by atoms with Crippen LogP contribution in [0.5, 0.6) is 0 Å². The topological polar surface area (TPSA) is 96.5 Å². The minimum Gasteiger partial charge on any atom is -0.350 e. The summed E-state index contributed by atoms with van der Waals surface area (Å²) in [6.07, 6.45) is 0.338. The maximum atomic E-state index is 12.7. The number of hydrogen-bond donors (Lipinski definition) is 3. The Morgan fingerprint density at radius 1 is 0.806 bits per heavy atom. The number of benzene rings is 2. The molecule has 0 saturated heterocycles. The molecule has 31 heavy (non-hydrogen) atoms. The molecule has 2 rings (SSSR count). The number of rotatable bonds is 11. The third-order valence-electron chi connectivity index (χ3n) is 4.66. The van der Waals surface area contributed by atoms with E-state index in [0.29, 0.717) is 13.0 Å². The van der Waals surface area contributed by atoms with Crippen molar-refractivity contribution in [2.75, 3.05) is 0 Å². The number of carbonyl (C=O) groups excluding carboxylic acids is 3. The Balaban J connectivity index is 1.86. The van der Waals surface area contributed by atoms with Crippen molar-refractivity contribution < 1.29 is 19.2 Å². The molecule has 0 saturated carbocycles. The molecule has 7 heteroatoms. The molecule has 3 N–H and O–H groups in total. The largest absolute Gasteiger partial charge is 0.350 e. The van der Waals surface area contributed by atoms with E-state index in [-0.39, 0.29) is 18.4 Å². The van der Waals surface area contributed by atoms with Crippen LogP contribution in [0.4, 0.5) is 0 Å². The first kappa shape index (κ1) is 24.1. The minimum absolute atomic E-state index is 0.109. The first-order valence-electron chi connectivity index (χ1n) is 10.4. The van der Waals surface area contributed by atoms with Gasteiger partial charge in [0.25, 0.3) is 5.91 Å². The van der Waals surface area contributed by atoms with Gasteiger partial charge in [-0.15, -0.1) is 0 Å². The predicted molar refractivity (Wildman–Crippen MR) is 118 cm³/mol. The van der Waals surface area contributed by atoms with E-state index in [4.69, 9.17) is 4.84 Å². The van der Waals surface area contributed by atoms with Gasteiger partial charge >= 0.3 is 0 Å². The highest BCUT2D eigenvalue weighted by molar-refractivity contribution is 6.01. The molecular weight excluding hydrogens is 394 g/mol. The van der Waals surface area contributed by atoms with Gasteiger partial charge in [-0.25, -0.2) is 5.48 Å². The van der Waals surface area contributed by atoms with Crippen LogP contribution in [0.1, 0.15) is 38.3 Å². The highest BCUT2D eigenvalue weighted by Crippen LogP contribution is 2.13. The molecule has 0 radical (unpaired) electrons. The number of carbonyl (C=O) groups is 3. The molecule has 0 bridgehead atoms. The molecule has 0 fully saturated rings. The van der Waals surface area contributed by atoms with Gasteiger partial charge in [-0.2, -0.15) is 0 Å². The zero-order valence-electron chi connectivity index (χ0n) is 18.3. The van der Waals surface area contributed by atoms with Crippen molar-refractivity contribution >= 4 is 17.7 Å². The molecule has 3 amide bonds. The lowest BCUT2D eigenvalue weighted by Gasteiger charge is -2.21. The maximum Gasteiger partial charge on any atom is 0.256 e. The van der Waals surface area contributed by atoms with Gasteiger partial charge in [-0.3, -0.25) is 19.2 Å². The van der Waals surface area contributed by atoms with Crippen molar-refractivity contribution in [3.05, 3.63) is 71.8 Å². The van der Waals surface area contributed by atoms with Gasteiger partial charge in [-0.1, -0.05) is 74.5 Å². The van der Waals surface area contributed by atoms with Gasteiger partial charge in [0.1, 0.15) is 12.0 Å². The first-order valence-corrected chi connectivity index (χ1v) is 10.4. The molecule has 2 aromatic rings. The summed E-state index contributed by atoms with van der Waals surface area (Å²) in [5.41, 5.74) is 4.23. The van der Waals surface area contributed by atoms with Gasteiger partial charge in [0.15, 0.2) is 0 Å². The minimum atomic E-state index is -0.958. The lowest BCUT2D eigenvalue weighted by atomic mass is 9.95. The molecule has 0 spiro atoms. The number of hydroxylamine groups is 1. The summed E-state index contributed by atoms with van der Waals surface area (Å²) >= 11 is 0. The van der Waals surface area contributed by atoms with Crippen molar-refractivity contribution in [2.45, 2.75) is 46.4 Å². The van der Waals surface area contributed by atoms with E-state index in [2.05, 4.69) is 16.1 Å². The summed E-state index contributed by atoms with van der Waals surface area (Å²) in [6, 6.07) is 18.1. The quantitative estimate of drug-likeness (QED) is 0.381. The molecule has 0 heterocycles. The molecule has 0 aliphatic carbocycles. The molecule has 7 nitrogen and oxygen atoms in total. The standard InChI is InChI=1S/C24H31N3O4/c1-17(2)14-21(24(30)27-31-16-20-12-8-5-9-13-20)23(29)26-18(3)22(28)25-15-19-10-6-4-7-11-19/h4-13,17-18,21H,14-16H2,1-3H3,(H,25,28)(H,26,29)(H,27,30)/t18-,21?/m1/s1. The lowest BCUT2D eigenvalue weighted by molar-refractivity contribution is -0.146. The zero-order valence-corrected chi connectivity index (χ0v) is 18.3. The average molecular weight is 426 g/mol. The van der Waals surface area contributed by atoms with E-state index in [1.807, 2.05) is 74.5 Å². The monoisotopic (exact) mass is 425 g/mol. The smallest absolute Gasteiger partial charge is 0.256 e. The van der Waals surface area contributed by atoms with Crippen LogP contribution in [0.25, 0.3) is 0 Å². The molecule has 0 aromatic heterocycles. The van der Waals surface area contributed by atoms with Gasteiger partial charge in [0.05, 0.1) is 6.61 Å². The van der Waals surface area contributed by atoms with Crippen LogP contribution >= 0.6 is 0 Å². The van der Waals surface area contributed by atoms with Crippen LogP contribution in [0.15, 0.2) is 60.7 Å². The van der Waals surface area contributed by atoms with E-state index < -0.39 is 23.8 Å². The Kier molecular flexibility index (Phi) is 9.71. The fourth-order valence-corrected chi connectivity index (χ4v) is 2.96. The van der Waals surface area contributed by atoms with Crippen LogP contribution in [-0.4, -0.2) is 23.8 Å². The summed E-state index contributed by atoms with van der Waals surface area (Å²) < 4.78 is 0. The second kappa shape index (κ2) is 12.5. The maximum absolute atomic E-state index is 12.7. The molecule has 0 aliphatic rings. The summed E-state index contributed by atoms with van der Waals surface area (Å²) in [7, 11) is 0. The van der Waals surface area contributed by atoms with Gasteiger partial charge in [0.2, 0.25) is 11.8 Å². The average Bonchev–Trinajstić information content (AvgIpc) is 2.76. The normalized spacial score (nSPS) is 12.6. The van der Waals surface area contributed by atoms with Crippen molar-refractivity contribution in [1.82, 2.24) is 16.1 Å². The van der Waals surface area contributed by atoms with Crippen molar-refractivity contribution in [1.29, 1.82) is 0 Å². The predicted octanol–water partition coefficient (Wildman–Crippen LogP) is 2.72. The second-order valence-corrected chi connectivity index (χ2v) is 7.86. The summed E-state index contributed by atoms with van der Waals surface area (Å²) in [5, 5.41) is 5.43. The number of hydrogen-bond acceptors (Lipinski definition) is 4. The van der Waals surface area contributed by atoms with E-state index in [1.54, 1.807) is 6.92 Å². The first-order chi connectivity index (χ1) is 14.9. The summed E-state index contributed by atoms with van der Waals surface area (Å²) in [4.78, 5) is 42.9. The highest BCUT2D eigenvalue weighted by atomic mass is 16.6. The Morgan fingerprint density at radius 3 is 1.97 bits per heavy atom. The second-order valence-electron chi connectivity index (χ2n) is 7.86. The third-order valence-corrected chi connectivity index (χ3v) is 4.66. The highest BCUT2D eigenvalue weighted by Gasteiger charge is 2.30. The molecule has 2 aromatic carbocycles. The van der Waals surface area contributed by atoms with E-state index >= 15 is 0 Å². The molecule has 1 unspecified atom stereocenters. The van der Waals surface area contributed by atoms with Crippen LogP contribution in [0.3, 0.4) is 0 Å². The van der Waals surface area contributed by atoms with Crippen molar-refractivity contribution in [3.63, 3.8) is 0 Å². The van der Waals surface area contributed by atoms with Crippen LogP contribution in [0.2, 0.25) is 0 Å². The lowest BCUT2D eigenvalue weighted by Crippen LogP contribution is -2.49. The Morgan fingerprint density at radius 2 is 1.39 bits per heavy atom. The third kappa shape index (κ3) is 8.60. The number of nitrogens with one attached hydrogen (secondary N) is 3. The fourth-order valence-electron chi connectivity index (χ4n) is 2.96. The fraction of sp³-hybridized carbons (Fsp3) is 0.375. The van der Waals surface area contributed by atoms with E-state index in [0.717, 1.165) is 11.1 Å². The summed E-state index contributed by atoms with van der Waals surface area (Å²) in [6.45, 7) is 6.00. The molecular formula is C24H31N3O4. The summed E-state index contributed by atoms with van der Waals surface area (Å²) in [5.74, 6) is -2.20. The van der Waals surface area contributed by atoms with Crippen LogP contribution < -0.4 is 16.1 Å². The van der Waals surface area contributed by atoms with Crippen LogP contribution in [0, 0.1) is 11.8 Å². The molecule has 166 valence electrons. The molecule has 0 aliphatic heterocycles. The van der Waals surface area contributed by atoms with Gasteiger partial charge in [0, 0.05) is 6.54 Å². The Hall–Kier alpha value is -3.19. The van der Waals surface area contributed by atoms with E-state index in [9.17, 15) is 14.4 Å². The van der Waals surface area contributed by atoms with Crippen molar-refractivity contribution in [2.24, 2.45) is 11.8 Å². The molecule has 2 atom stereocenters.